The van der Waals surface area contributed by atoms with E-state index in [0.29, 0.717) is 29.8 Å². The lowest BCUT2D eigenvalue weighted by Crippen LogP contribution is -2.47. The number of likely N-dealkylation sites (tertiary alicyclic amines) is 1. The van der Waals surface area contributed by atoms with Crippen molar-refractivity contribution in [2.24, 2.45) is 0 Å². The number of rotatable bonds is 6. The molecule has 10 heteroatoms. The lowest BCUT2D eigenvalue weighted by atomic mass is 9.92. The Morgan fingerprint density at radius 1 is 1.00 bits per heavy atom. The van der Waals surface area contributed by atoms with E-state index in [1.54, 1.807) is 48.7 Å². The van der Waals surface area contributed by atoms with Crippen molar-refractivity contribution in [3.05, 3.63) is 59.8 Å². The summed E-state index contributed by atoms with van der Waals surface area (Å²) < 4.78 is 5.90. The number of H-pyrrole nitrogens is 1. The van der Waals surface area contributed by atoms with Crippen molar-refractivity contribution in [2.75, 3.05) is 11.9 Å². The zero-order valence-electron chi connectivity index (χ0n) is 21.2. The molecule has 1 aliphatic heterocycles. The number of nitrogens with one attached hydrogen (secondary N) is 3. The quantitative estimate of drug-likeness (QED) is 0.342. The third kappa shape index (κ3) is 5.90. The molecule has 1 aromatic heterocycles. The standard InChI is InChI=1S/C28H33N5O5/c34-26(30-21-6-2-1-3-7-21)19-11-9-18(10-12-19)25(24-8-4-5-15-33(24)28(36)37)38-27(35)31-22-13-14-23-20(16-22)17-29-32-23/h9-14,16-17,21,24-25H,1-8,15H2,(H,29,32)(H,30,34)(H,31,35)(H,36,37)/t24-,25?/m0/s1. The number of aromatic nitrogens is 2. The predicted molar refractivity (Wildman–Crippen MR) is 142 cm³/mol. The Kier molecular flexibility index (Phi) is 7.76. The molecule has 1 saturated heterocycles. The van der Waals surface area contributed by atoms with Crippen LogP contribution < -0.4 is 10.6 Å². The maximum absolute atomic E-state index is 13.0. The highest BCUT2D eigenvalue weighted by molar-refractivity contribution is 5.94. The van der Waals surface area contributed by atoms with Gasteiger partial charge in [0.05, 0.1) is 17.8 Å². The van der Waals surface area contributed by atoms with Gasteiger partial charge in [-0.1, -0.05) is 31.4 Å². The molecule has 2 aromatic carbocycles. The molecule has 2 aliphatic rings. The van der Waals surface area contributed by atoms with Crippen LogP contribution in [0.5, 0.6) is 0 Å². The molecule has 0 radical (unpaired) electrons. The number of anilines is 1. The number of hydrogen-bond donors (Lipinski definition) is 4. The van der Waals surface area contributed by atoms with Crippen molar-refractivity contribution in [3.8, 4) is 0 Å². The van der Waals surface area contributed by atoms with Gasteiger partial charge in [0.1, 0.15) is 6.10 Å². The highest BCUT2D eigenvalue weighted by Gasteiger charge is 2.36. The Labute approximate surface area is 220 Å². The molecule has 2 heterocycles. The van der Waals surface area contributed by atoms with E-state index >= 15 is 0 Å². The molecule has 3 amide bonds. The van der Waals surface area contributed by atoms with Crippen molar-refractivity contribution in [3.63, 3.8) is 0 Å². The maximum Gasteiger partial charge on any atom is 0.412 e. The van der Waals surface area contributed by atoms with Gasteiger partial charge in [0.25, 0.3) is 5.91 Å². The number of ether oxygens (including phenoxy) is 1. The summed E-state index contributed by atoms with van der Waals surface area (Å²) in [7, 11) is 0. The van der Waals surface area contributed by atoms with Gasteiger partial charge < -0.3 is 20.1 Å². The lowest BCUT2D eigenvalue weighted by Gasteiger charge is -2.38. The molecular formula is C28H33N5O5. The van der Waals surface area contributed by atoms with E-state index in [1.807, 2.05) is 0 Å². The highest BCUT2D eigenvalue weighted by Crippen LogP contribution is 2.33. The number of hydrogen-bond acceptors (Lipinski definition) is 5. The van der Waals surface area contributed by atoms with E-state index in [1.165, 1.54) is 11.3 Å². The molecular weight excluding hydrogens is 486 g/mol. The first-order valence-corrected chi connectivity index (χ1v) is 13.3. The smallest absolute Gasteiger partial charge is 0.412 e. The second-order valence-corrected chi connectivity index (χ2v) is 10.1. The van der Waals surface area contributed by atoms with E-state index in [4.69, 9.17) is 4.74 Å². The third-order valence-electron chi connectivity index (χ3n) is 7.51. The molecule has 1 unspecified atom stereocenters. The summed E-state index contributed by atoms with van der Waals surface area (Å²) in [6.07, 6.45) is 6.70. The average molecular weight is 520 g/mol. The molecule has 1 saturated carbocycles. The minimum Gasteiger partial charge on any atom is -0.465 e. The molecule has 0 spiro atoms. The summed E-state index contributed by atoms with van der Waals surface area (Å²) in [5.74, 6) is -0.127. The summed E-state index contributed by atoms with van der Waals surface area (Å²) >= 11 is 0. The van der Waals surface area contributed by atoms with Crippen molar-refractivity contribution in [1.82, 2.24) is 20.4 Å². The van der Waals surface area contributed by atoms with Crippen LogP contribution in [0.1, 0.15) is 73.4 Å². The molecule has 38 heavy (non-hydrogen) atoms. The Morgan fingerprint density at radius 2 is 1.76 bits per heavy atom. The molecule has 2 fully saturated rings. The molecule has 3 aromatic rings. The first-order valence-electron chi connectivity index (χ1n) is 13.3. The van der Waals surface area contributed by atoms with Crippen LogP contribution in [0.2, 0.25) is 0 Å². The fourth-order valence-corrected chi connectivity index (χ4v) is 5.50. The SMILES string of the molecule is O=C(Nc1ccc2[nH]ncc2c1)OC(c1ccc(C(=O)NC2CCCCC2)cc1)[C@@H]1CCCCN1C(=O)O. The first-order chi connectivity index (χ1) is 18.5. The molecule has 5 rings (SSSR count). The monoisotopic (exact) mass is 519 g/mol. The van der Waals surface area contributed by atoms with Gasteiger partial charge in [-0.25, -0.2) is 9.59 Å². The van der Waals surface area contributed by atoms with Crippen molar-refractivity contribution in [2.45, 2.75) is 69.6 Å². The minimum absolute atomic E-state index is 0.127. The fraction of sp³-hybridized carbons (Fsp3) is 0.429. The minimum atomic E-state index is -1.04. The summed E-state index contributed by atoms with van der Waals surface area (Å²) in [5.41, 5.74) is 2.54. The van der Waals surface area contributed by atoms with Crippen LogP contribution in [0.4, 0.5) is 15.3 Å². The normalized spacial score (nSPS) is 19.1. The van der Waals surface area contributed by atoms with Crippen molar-refractivity contribution in [1.29, 1.82) is 0 Å². The van der Waals surface area contributed by atoms with Gasteiger partial charge >= 0.3 is 12.2 Å². The van der Waals surface area contributed by atoms with Crippen LogP contribution >= 0.6 is 0 Å². The van der Waals surface area contributed by atoms with Crippen LogP contribution in [0.25, 0.3) is 10.9 Å². The second-order valence-electron chi connectivity index (χ2n) is 10.1. The second kappa shape index (κ2) is 11.5. The van der Waals surface area contributed by atoms with E-state index in [9.17, 15) is 19.5 Å². The van der Waals surface area contributed by atoms with Gasteiger partial charge in [-0.2, -0.15) is 5.10 Å². The number of nitrogens with zero attached hydrogens (tertiary/aromatic N) is 2. The third-order valence-corrected chi connectivity index (χ3v) is 7.51. The highest BCUT2D eigenvalue weighted by atomic mass is 16.6. The number of carboxylic acid groups (broad SMARTS) is 1. The Morgan fingerprint density at radius 3 is 2.53 bits per heavy atom. The van der Waals surface area contributed by atoms with E-state index in [0.717, 1.165) is 49.4 Å². The van der Waals surface area contributed by atoms with E-state index in [2.05, 4.69) is 20.8 Å². The van der Waals surface area contributed by atoms with E-state index in [-0.39, 0.29) is 11.9 Å². The predicted octanol–water partition coefficient (Wildman–Crippen LogP) is 5.45. The van der Waals surface area contributed by atoms with Crippen LogP contribution in [0.15, 0.2) is 48.7 Å². The Hall–Kier alpha value is -4.08. The number of aromatic amines is 1. The van der Waals surface area contributed by atoms with Gasteiger partial charge in [-0.05, 0) is 68.0 Å². The summed E-state index contributed by atoms with van der Waals surface area (Å²) in [6, 6.07) is 11.9. The zero-order chi connectivity index (χ0) is 26.5. The summed E-state index contributed by atoms with van der Waals surface area (Å²) in [4.78, 5) is 39.2. The summed E-state index contributed by atoms with van der Waals surface area (Å²) in [5, 5.41) is 23.4. The topological polar surface area (TPSA) is 137 Å². The molecule has 1 aliphatic carbocycles. The van der Waals surface area contributed by atoms with Crippen LogP contribution in [-0.4, -0.2) is 56.9 Å². The molecule has 10 nitrogen and oxygen atoms in total. The number of amides is 3. The number of benzene rings is 2. The van der Waals surface area contributed by atoms with Crippen LogP contribution in [0.3, 0.4) is 0 Å². The maximum atomic E-state index is 13.0. The average Bonchev–Trinajstić information content (AvgIpc) is 3.40. The van der Waals surface area contributed by atoms with Gasteiger partial charge in [0.2, 0.25) is 0 Å². The lowest BCUT2D eigenvalue weighted by molar-refractivity contribution is 0.0178. The van der Waals surface area contributed by atoms with Gasteiger partial charge in [0.15, 0.2) is 0 Å². The van der Waals surface area contributed by atoms with Crippen molar-refractivity contribution >= 4 is 34.7 Å². The first kappa shape index (κ1) is 25.6. The zero-order valence-corrected chi connectivity index (χ0v) is 21.2. The number of piperidine rings is 1. The molecule has 4 N–H and O–H groups in total. The van der Waals surface area contributed by atoms with Gasteiger partial charge in [-0.15, -0.1) is 0 Å². The molecule has 0 bridgehead atoms. The Bertz CT molecular complexity index is 1280. The number of carbonyl (C=O) groups excluding carboxylic acids is 2. The van der Waals surface area contributed by atoms with Gasteiger partial charge in [0, 0.05) is 29.2 Å². The number of fused-ring (bicyclic) bond motifs is 1. The van der Waals surface area contributed by atoms with Gasteiger partial charge in [-0.3, -0.25) is 15.2 Å². The fourth-order valence-electron chi connectivity index (χ4n) is 5.50. The largest absolute Gasteiger partial charge is 0.465 e. The number of carbonyl (C=O) groups is 3. The molecule has 2 atom stereocenters. The molecule has 200 valence electrons. The van der Waals surface area contributed by atoms with Crippen LogP contribution in [0, 0.1) is 0 Å². The Balaban J connectivity index is 1.34. The van der Waals surface area contributed by atoms with Crippen molar-refractivity contribution < 1.29 is 24.2 Å². The summed E-state index contributed by atoms with van der Waals surface area (Å²) in [6.45, 7) is 0.376. The van der Waals surface area contributed by atoms with Crippen LogP contribution in [-0.2, 0) is 4.74 Å². The van der Waals surface area contributed by atoms with E-state index < -0.39 is 24.3 Å².